The molecule has 1 aliphatic carbocycles. The van der Waals surface area contributed by atoms with Crippen LogP contribution in [0.4, 0.5) is 30.8 Å². The lowest BCUT2D eigenvalue weighted by Gasteiger charge is -2.29. The Morgan fingerprint density at radius 1 is 1.00 bits per heavy atom. The molecule has 0 radical (unpaired) electrons. The molecule has 1 aliphatic rings. The number of nitrogens with zero attached hydrogens (tertiary/aromatic N) is 4. The van der Waals surface area contributed by atoms with Gasteiger partial charge in [-0.1, -0.05) is 26.7 Å². The van der Waals surface area contributed by atoms with Crippen LogP contribution in [0.3, 0.4) is 0 Å². The van der Waals surface area contributed by atoms with E-state index in [1.54, 1.807) is 6.20 Å². The molecule has 0 aliphatic heterocycles. The van der Waals surface area contributed by atoms with Gasteiger partial charge in [0.2, 0.25) is 21.9 Å². The summed E-state index contributed by atoms with van der Waals surface area (Å²) in [6, 6.07) is 1.19. The van der Waals surface area contributed by atoms with Crippen molar-refractivity contribution in [2.75, 3.05) is 16.9 Å². The first-order chi connectivity index (χ1) is 18.1. The van der Waals surface area contributed by atoms with Crippen molar-refractivity contribution >= 4 is 38.8 Å². The molecule has 0 unspecified atom stereocenters. The summed E-state index contributed by atoms with van der Waals surface area (Å²) in [5.74, 6) is -2.52. The molecule has 3 aromatic rings. The summed E-state index contributed by atoms with van der Waals surface area (Å²) in [7, 11) is -3.25. The van der Waals surface area contributed by atoms with E-state index in [1.165, 1.54) is 0 Å². The molecule has 0 amide bonds. The van der Waals surface area contributed by atoms with Crippen molar-refractivity contribution in [3.8, 4) is 0 Å². The van der Waals surface area contributed by atoms with Gasteiger partial charge in [0.1, 0.15) is 17.0 Å². The molecule has 2 heterocycles. The second-order valence-electron chi connectivity index (χ2n) is 9.89. The third kappa shape index (κ3) is 6.73. The zero-order valence-electron chi connectivity index (χ0n) is 21.8. The van der Waals surface area contributed by atoms with Crippen molar-refractivity contribution in [1.29, 1.82) is 0 Å². The number of halogens is 3. The average Bonchev–Trinajstić information content (AvgIpc) is 3.19. The summed E-state index contributed by atoms with van der Waals surface area (Å²) < 4.78 is 70.0. The first-order valence-electron chi connectivity index (χ1n) is 13.0. The second kappa shape index (κ2) is 11.9. The molecule has 208 valence electrons. The van der Waals surface area contributed by atoms with Gasteiger partial charge >= 0.3 is 0 Å². The molecular formula is C25H34F3N7O2S. The Kier molecular flexibility index (Phi) is 8.76. The maximum Gasteiger partial charge on any atom is 0.224 e. The Hall–Kier alpha value is -2.93. The molecular weight excluding hydrogens is 519 g/mol. The van der Waals surface area contributed by atoms with E-state index in [-0.39, 0.29) is 24.1 Å². The van der Waals surface area contributed by atoms with E-state index in [2.05, 4.69) is 39.2 Å². The number of imidazole rings is 1. The average molecular weight is 554 g/mol. The van der Waals surface area contributed by atoms with Crippen LogP contribution >= 0.6 is 0 Å². The van der Waals surface area contributed by atoms with E-state index in [0.717, 1.165) is 44.8 Å². The van der Waals surface area contributed by atoms with Gasteiger partial charge < -0.3 is 10.6 Å². The second-order valence-corrected chi connectivity index (χ2v) is 11.7. The minimum absolute atomic E-state index is 0.0377. The number of aromatic nitrogens is 4. The molecule has 1 fully saturated rings. The number of fused-ring (bicyclic) bond motifs is 1. The number of hydrogen-bond acceptors (Lipinski definition) is 7. The van der Waals surface area contributed by atoms with Gasteiger partial charge in [-0.25, -0.2) is 36.3 Å². The minimum Gasteiger partial charge on any atom is -0.351 e. The molecule has 0 spiro atoms. The third-order valence-corrected chi connectivity index (χ3v) is 7.49. The highest BCUT2D eigenvalue weighted by molar-refractivity contribution is 7.88. The minimum atomic E-state index is -3.25. The van der Waals surface area contributed by atoms with Crippen LogP contribution < -0.4 is 15.4 Å². The van der Waals surface area contributed by atoms with E-state index >= 15 is 0 Å². The highest BCUT2D eigenvalue weighted by atomic mass is 32.2. The van der Waals surface area contributed by atoms with Crippen LogP contribution in [0.5, 0.6) is 0 Å². The van der Waals surface area contributed by atoms with Crippen molar-refractivity contribution in [3.63, 3.8) is 0 Å². The van der Waals surface area contributed by atoms with Crippen molar-refractivity contribution in [2.24, 2.45) is 0 Å². The van der Waals surface area contributed by atoms with Crippen LogP contribution in [-0.2, 0) is 10.0 Å². The maximum absolute atomic E-state index is 14.5. The summed E-state index contributed by atoms with van der Waals surface area (Å²) in [5.41, 5.74) is 0.493. The zero-order chi connectivity index (χ0) is 27.4. The first kappa shape index (κ1) is 28.1. The van der Waals surface area contributed by atoms with Gasteiger partial charge in [0.25, 0.3) is 0 Å². The lowest BCUT2D eigenvalue weighted by molar-refractivity contribution is 0.387. The summed E-state index contributed by atoms with van der Waals surface area (Å²) in [4.78, 5) is 13.7. The Morgan fingerprint density at radius 3 is 2.18 bits per heavy atom. The number of nitrogens with one attached hydrogen (secondary N) is 3. The molecule has 0 saturated heterocycles. The molecule has 4 rings (SSSR count). The van der Waals surface area contributed by atoms with Gasteiger partial charge in [-0.2, -0.15) is 4.98 Å². The predicted octanol–water partition coefficient (Wildman–Crippen LogP) is 5.40. The molecule has 0 bridgehead atoms. The fraction of sp³-hybridized carbons (Fsp3) is 0.560. The lowest BCUT2D eigenvalue weighted by atomic mass is 9.92. The van der Waals surface area contributed by atoms with Gasteiger partial charge in [-0.3, -0.25) is 4.57 Å². The summed E-state index contributed by atoms with van der Waals surface area (Å²) in [6.45, 7) is 4.12. The van der Waals surface area contributed by atoms with Crippen LogP contribution in [0.15, 0.2) is 18.3 Å². The Labute approximate surface area is 220 Å². The van der Waals surface area contributed by atoms with Crippen LogP contribution in [0.25, 0.3) is 11.2 Å². The molecule has 2 aromatic heterocycles. The van der Waals surface area contributed by atoms with E-state index in [4.69, 9.17) is 4.98 Å². The topological polar surface area (TPSA) is 114 Å². The summed E-state index contributed by atoms with van der Waals surface area (Å²) in [6.07, 6.45) is 8.97. The standard InChI is InChI=1S/C25H34F3N7O2S/c1-4-6-18(7-5-2)35-23-21(31-25(35)32-22-19(27)12-15(26)13-20(22)28)14-29-24(33-23)30-16-8-10-17(11-9-16)34-38(3,36)37/h12-14,16-18,34H,4-11H2,1-3H3,(H,31,32)(H,29,30,33). The molecule has 1 saturated carbocycles. The number of hydrogen-bond donors (Lipinski definition) is 3. The van der Waals surface area contributed by atoms with Crippen molar-refractivity contribution in [3.05, 3.63) is 35.8 Å². The largest absolute Gasteiger partial charge is 0.351 e. The monoisotopic (exact) mass is 553 g/mol. The smallest absolute Gasteiger partial charge is 0.224 e. The molecule has 9 nitrogen and oxygen atoms in total. The number of sulfonamides is 1. The fourth-order valence-electron chi connectivity index (χ4n) is 5.08. The molecule has 3 N–H and O–H groups in total. The van der Waals surface area contributed by atoms with E-state index in [0.29, 0.717) is 42.1 Å². The first-order valence-corrected chi connectivity index (χ1v) is 14.9. The van der Waals surface area contributed by atoms with Crippen molar-refractivity contribution in [1.82, 2.24) is 24.2 Å². The van der Waals surface area contributed by atoms with Crippen LogP contribution in [0.2, 0.25) is 0 Å². The molecule has 0 atom stereocenters. The van der Waals surface area contributed by atoms with Crippen molar-refractivity contribution in [2.45, 2.75) is 83.3 Å². The van der Waals surface area contributed by atoms with Gasteiger partial charge in [0, 0.05) is 30.3 Å². The van der Waals surface area contributed by atoms with Crippen LogP contribution in [-0.4, -0.2) is 46.3 Å². The highest BCUT2D eigenvalue weighted by Crippen LogP contribution is 2.33. The normalized spacial score (nSPS) is 18.3. The van der Waals surface area contributed by atoms with Crippen LogP contribution in [0, 0.1) is 17.5 Å². The van der Waals surface area contributed by atoms with Gasteiger partial charge in [-0.15, -0.1) is 0 Å². The molecule has 1 aromatic carbocycles. The Balaban J connectivity index is 1.64. The lowest BCUT2D eigenvalue weighted by Crippen LogP contribution is -2.39. The molecule has 13 heteroatoms. The van der Waals surface area contributed by atoms with Crippen molar-refractivity contribution < 1.29 is 21.6 Å². The zero-order valence-corrected chi connectivity index (χ0v) is 22.6. The summed E-state index contributed by atoms with van der Waals surface area (Å²) >= 11 is 0. The summed E-state index contributed by atoms with van der Waals surface area (Å²) in [5, 5.41) is 6.09. The fourth-order valence-corrected chi connectivity index (χ4v) is 5.92. The van der Waals surface area contributed by atoms with Gasteiger partial charge in [-0.05, 0) is 38.5 Å². The van der Waals surface area contributed by atoms with Crippen LogP contribution in [0.1, 0.15) is 71.3 Å². The van der Waals surface area contributed by atoms with E-state index < -0.39 is 33.2 Å². The number of benzene rings is 1. The highest BCUT2D eigenvalue weighted by Gasteiger charge is 2.26. The van der Waals surface area contributed by atoms with E-state index in [1.807, 2.05) is 4.57 Å². The SMILES string of the molecule is CCCC(CCC)n1c(Nc2c(F)cc(F)cc2F)nc2cnc(NC3CCC(NS(C)(=O)=O)CC3)nc21. The van der Waals surface area contributed by atoms with E-state index in [9.17, 15) is 21.6 Å². The third-order valence-electron chi connectivity index (χ3n) is 6.73. The number of anilines is 3. The predicted molar refractivity (Wildman–Crippen MR) is 141 cm³/mol. The maximum atomic E-state index is 14.5. The molecule has 38 heavy (non-hydrogen) atoms. The quantitative estimate of drug-likeness (QED) is 0.291. The Bertz CT molecular complexity index is 1350. The van der Waals surface area contributed by atoms with Gasteiger partial charge in [0.15, 0.2) is 17.3 Å². The Morgan fingerprint density at radius 2 is 1.61 bits per heavy atom. The number of rotatable bonds is 11. The van der Waals surface area contributed by atoms with Gasteiger partial charge in [0.05, 0.1) is 12.5 Å².